The third-order valence-electron chi connectivity index (χ3n) is 2.99. The van der Waals surface area contributed by atoms with Crippen LogP contribution < -0.4 is 19.9 Å². The van der Waals surface area contributed by atoms with E-state index < -0.39 is 0 Å². The Labute approximate surface area is 123 Å². The van der Waals surface area contributed by atoms with Crippen LogP contribution in [0.5, 0.6) is 17.2 Å². The molecule has 0 fully saturated rings. The number of methoxy groups -OCH3 is 3. The molecule has 0 amide bonds. The van der Waals surface area contributed by atoms with Crippen LogP contribution in [0.4, 0.5) is 5.69 Å². The zero-order valence-electron chi connectivity index (χ0n) is 11.6. The first-order valence-corrected chi connectivity index (χ1v) is 6.34. The van der Waals surface area contributed by atoms with E-state index in [-0.39, 0.29) is 0 Å². The van der Waals surface area contributed by atoms with Crippen molar-refractivity contribution in [3.63, 3.8) is 0 Å². The van der Waals surface area contributed by atoms with E-state index in [0.717, 1.165) is 11.1 Å². The maximum absolute atomic E-state index is 6.25. The van der Waals surface area contributed by atoms with Crippen LogP contribution in [0.25, 0.3) is 11.1 Å². The summed E-state index contributed by atoms with van der Waals surface area (Å²) in [7, 11) is 4.72. The van der Waals surface area contributed by atoms with Crippen LogP contribution in [0.15, 0.2) is 30.3 Å². The van der Waals surface area contributed by atoms with Gasteiger partial charge in [-0.05, 0) is 24.3 Å². The minimum atomic E-state index is 0.528. The lowest BCUT2D eigenvalue weighted by molar-refractivity contribution is 0.325. The molecule has 4 nitrogen and oxygen atoms in total. The summed E-state index contributed by atoms with van der Waals surface area (Å²) in [6.45, 7) is 0. The fraction of sp³-hybridized carbons (Fsp3) is 0.200. The first-order chi connectivity index (χ1) is 9.62. The van der Waals surface area contributed by atoms with Crippen LogP contribution in [0.3, 0.4) is 0 Å². The minimum absolute atomic E-state index is 0.528. The summed E-state index contributed by atoms with van der Waals surface area (Å²) in [4.78, 5) is 0. The van der Waals surface area contributed by atoms with Crippen LogP contribution in [0.1, 0.15) is 0 Å². The second kappa shape index (κ2) is 5.92. The zero-order chi connectivity index (χ0) is 14.7. The number of nitrogens with two attached hydrogens (primary N) is 1. The van der Waals surface area contributed by atoms with E-state index in [9.17, 15) is 0 Å². The van der Waals surface area contributed by atoms with Gasteiger partial charge in [-0.1, -0.05) is 17.7 Å². The highest BCUT2D eigenvalue weighted by Crippen LogP contribution is 2.45. The average molecular weight is 294 g/mol. The molecular formula is C15H16ClNO3. The molecule has 0 aromatic heterocycles. The summed E-state index contributed by atoms with van der Waals surface area (Å²) in [6.07, 6.45) is 0. The highest BCUT2D eigenvalue weighted by atomic mass is 35.5. The number of nitrogen functional groups attached to an aromatic ring is 1. The molecule has 2 rings (SSSR count). The van der Waals surface area contributed by atoms with Crippen molar-refractivity contribution in [3.05, 3.63) is 35.4 Å². The molecule has 0 heterocycles. The molecule has 0 spiro atoms. The summed E-state index contributed by atoms with van der Waals surface area (Å²) < 4.78 is 16.1. The molecular weight excluding hydrogens is 278 g/mol. The molecule has 0 saturated carbocycles. The van der Waals surface area contributed by atoms with Crippen LogP contribution in [-0.4, -0.2) is 21.3 Å². The molecule has 0 unspecified atom stereocenters. The van der Waals surface area contributed by atoms with Gasteiger partial charge in [-0.15, -0.1) is 0 Å². The maximum Gasteiger partial charge on any atom is 0.203 e. The van der Waals surface area contributed by atoms with Crippen molar-refractivity contribution >= 4 is 17.3 Å². The van der Waals surface area contributed by atoms with Gasteiger partial charge >= 0.3 is 0 Å². The molecule has 0 aliphatic carbocycles. The second-order valence-electron chi connectivity index (χ2n) is 4.12. The topological polar surface area (TPSA) is 53.7 Å². The van der Waals surface area contributed by atoms with E-state index in [1.807, 2.05) is 18.2 Å². The van der Waals surface area contributed by atoms with Gasteiger partial charge in [0, 0.05) is 16.8 Å². The highest BCUT2D eigenvalue weighted by molar-refractivity contribution is 6.33. The predicted molar refractivity (Wildman–Crippen MR) is 81.0 cm³/mol. The Hall–Kier alpha value is -2.07. The molecule has 0 radical (unpaired) electrons. The fourth-order valence-corrected chi connectivity index (χ4v) is 2.35. The van der Waals surface area contributed by atoms with E-state index in [2.05, 4.69) is 0 Å². The van der Waals surface area contributed by atoms with Gasteiger partial charge in [-0.3, -0.25) is 0 Å². The molecule has 106 valence electrons. The summed E-state index contributed by atoms with van der Waals surface area (Å²) in [5.41, 5.74) is 7.96. The lowest BCUT2D eigenvalue weighted by Gasteiger charge is -2.16. The normalized spacial score (nSPS) is 10.2. The van der Waals surface area contributed by atoms with Crippen LogP contribution in [0, 0.1) is 0 Å². The number of rotatable bonds is 4. The monoisotopic (exact) mass is 293 g/mol. The van der Waals surface area contributed by atoms with Gasteiger partial charge in [0.2, 0.25) is 5.75 Å². The fourth-order valence-electron chi connectivity index (χ4n) is 2.06. The van der Waals surface area contributed by atoms with Gasteiger partial charge in [0.25, 0.3) is 0 Å². The summed E-state index contributed by atoms with van der Waals surface area (Å²) in [5.74, 6) is 1.69. The van der Waals surface area contributed by atoms with Crippen molar-refractivity contribution in [2.75, 3.05) is 27.1 Å². The van der Waals surface area contributed by atoms with Crippen molar-refractivity contribution < 1.29 is 14.2 Å². The van der Waals surface area contributed by atoms with Crippen LogP contribution >= 0.6 is 11.6 Å². The Morgan fingerprint density at radius 1 is 0.850 bits per heavy atom. The molecule has 0 atom stereocenters. The van der Waals surface area contributed by atoms with Gasteiger partial charge in [0.15, 0.2) is 11.5 Å². The second-order valence-corrected chi connectivity index (χ2v) is 4.53. The Morgan fingerprint density at radius 3 is 2.05 bits per heavy atom. The predicted octanol–water partition coefficient (Wildman–Crippen LogP) is 3.62. The SMILES string of the molecule is COc1ccc(-c2ccc(N)cc2Cl)c(OC)c1OC. The lowest BCUT2D eigenvalue weighted by atomic mass is 10.0. The third-order valence-corrected chi connectivity index (χ3v) is 3.30. The first kappa shape index (κ1) is 14.3. The number of hydrogen-bond acceptors (Lipinski definition) is 4. The maximum atomic E-state index is 6.25. The molecule has 0 aliphatic heterocycles. The minimum Gasteiger partial charge on any atom is -0.493 e. The van der Waals surface area contributed by atoms with E-state index >= 15 is 0 Å². The van der Waals surface area contributed by atoms with E-state index in [1.165, 1.54) is 0 Å². The standard InChI is InChI=1S/C15H16ClNO3/c1-18-13-7-6-11(14(19-2)15(13)20-3)10-5-4-9(17)8-12(10)16/h4-8H,17H2,1-3H3. The molecule has 20 heavy (non-hydrogen) atoms. The molecule has 5 heteroatoms. The van der Waals surface area contributed by atoms with Gasteiger partial charge in [-0.25, -0.2) is 0 Å². The van der Waals surface area contributed by atoms with Crippen molar-refractivity contribution in [1.82, 2.24) is 0 Å². The first-order valence-electron chi connectivity index (χ1n) is 5.96. The zero-order valence-corrected chi connectivity index (χ0v) is 12.3. The third kappa shape index (κ3) is 2.47. The van der Waals surface area contributed by atoms with Gasteiger partial charge in [-0.2, -0.15) is 0 Å². The van der Waals surface area contributed by atoms with Crippen LogP contribution in [-0.2, 0) is 0 Å². The van der Waals surface area contributed by atoms with Crippen molar-refractivity contribution in [3.8, 4) is 28.4 Å². The highest BCUT2D eigenvalue weighted by Gasteiger charge is 2.18. The molecule has 0 bridgehead atoms. The van der Waals surface area contributed by atoms with Gasteiger partial charge in [0.05, 0.1) is 26.4 Å². The van der Waals surface area contributed by atoms with E-state index in [4.69, 9.17) is 31.5 Å². The summed E-state index contributed by atoms with van der Waals surface area (Å²) in [5, 5.41) is 0.551. The number of ether oxygens (including phenoxy) is 3. The van der Waals surface area contributed by atoms with E-state index in [1.54, 1.807) is 33.5 Å². The molecule has 0 aliphatic rings. The van der Waals surface area contributed by atoms with Gasteiger partial charge < -0.3 is 19.9 Å². The average Bonchev–Trinajstić information content (AvgIpc) is 2.45. The Kier molecular flexibility index (Phi) is 4.25. The smallest absolute Gasteiger partial charge is 0.203 e. The number of hydrogen-bond donors (Lipinski definition) is 1. The largest absolute Gasteiger partial charge is 0.493 e. The number of anilines is 1. The quantitative estimate of drug-likeness (QED) is 0.875. The van der Waals surface area contributed by atoms with Crippen LogP contribution in [0.2, 0.25) is 5.02 Å². The Balaban J connectivity index is 2.68. The Bertz CT molecular complexity index is 629. The number of benzene rings is 2. The summed E-state index contributed by atoms with van der Waals surface area (Å²) in [6, 6.07) is 9.02. The lowest BCUT2D eigenvalue weighted by Crippen LogP contribution is -1.97. The van der Waals surface area contributed by atoms with Crippen molar-refractivity contribution in [2.24, 2.45) is 0 Å². The van der Waals surface area contributed by atoms with Gasteiger partial charge in [0.1, 0.15) is 0 Å². The van der Waals surface area contributed by atoms with Crippen molar-refractivity contribution in [1.29, 1.82) is 0 Å². The Morgan fingerprint density at radius 2 is 1.50 bits per heavy atom. The van der Waals surface area contributed by atoms with Crippen molar-refractivity contribution in [2.45, 2.75) is 0 Å². The molecule has 0 saturated heterocycles. The molecule has 2 N–H and O–H groups in total. The summed E-state index contributed by atoms with van der Waals surface area (Å²) >= 11 is 6.25. The van der Waals surface area contributed by atoms with E-state index in [0.29, 0.717) is 28.0 Å². The molecule has 2 aromatic carbocycles. The number of halogens is 1. The molecule has 2 aromatic rings.